The standard InChI is InChI=1S/C10H11N3O/c1-11-10-7-2-3-8-6(4-5-14-8)9(7)12-13-10/h4-5H,2-3H2,1H3,(H2,11,12,13). The highest BCUT2D eigenvalue weighted by molar-refractivity contribution is 5.72. The van der Waals surface area contributed by atoms with Crippen LogP contribution in [0.2, 0.25) is 0 Å². The maximum absolute atomic E-state index is 5.39. The first-order chi connectivity index (χ1) is 6.90. The third kappa shape index (κ3) is 0.852. The van der Waals surface area contributed by atoms with Gasteiger partial charge in [0.2, 0.25) is 0 Å². The molecule has 0 spiro atoms. The molecule has 0 fully saturated rings. The Kier molecular flexibility index (Phi) is 1.45. The summed E-state index contributed by atoms with van der Waals surface area (Å²) >= 11 is 0. The Morgan fingerprint density at radius 3 is 3.29 bits per heavy atom. The molecule has 0 unspecified atom stereocenters. The van der Waals surface area contributed by atoms with E-state index in [1.807, 2.05) is 13.1 Å². The number of H-pyrrole nitrogens is 1. The Morgan fingerprint density at radius 1 is 1.50 bits per heavy atom. The molecule has 1 aliphatic carbocycles. The summed E-state index contributed by atoms with van der Waals surface area (Å²) in [6, 6.07) is 1.99. The van der Waals surface area contributed by atoms with Crippen LogP contribution < -0.4 is 5.32 Å². The third-order valence-electron chi connectivity index (χ3n) is 2.72. The molecular formula is C10H11N3O. The molecule has 2 heterocycles. The van der Waals surface area contributed by atoms with Crippen LogP contribution in [-0.4, -0.2) is 17.2 Å². The number of anilines is 1. The lowest BCUT2D eigenvalue weighted by Gasteiger charge is -2.10. The number of rotatable bonds is 1. The minimum absolute atomic E-state index is 0.951. The lowest BCUT2D eigenvalue weighted by molar-refractivity contribution is 0.507. The monoisotopic (exact) mass is 189 g/mol. The zero-order valence-electron chi connectivity index (χ0n) is 7.92. The summed E-state index contributed by atoms with van der Waals surface area (Å²) in [5.41, 5.74) is 3.52. The zero-order valence-corrected chi connectivity index (χ0v) is 7.92. The first-order valence-corrected chi connectivity index (χ1v) is 4.72. The number of fused-ring (bicyclic) bond motifs is 3. The fourth-order valence-electron chi connectivity index (χ4n) is 2.03. The molecule has 14 heavy (non-hydrogen) atoms. The van der Waals surface area contributed by atoms with Gasteiger partial charge in [0.25, 0.3) is 0 Å². The number of nitrogens with zero attached hydrogens (tertiary/aromatic N) is 1. The van der Waals surface area contributed by atoms with E-state index in [2.05, 4.69) is 15.5 Å². The van der Waals surface area contributed by atoms with Crippen LogP contribution in [0.1, 0.15) is 11.3 Å². The molecule has 0 aliphatic heterocycles. The first-order valence-electron chi connectivity index (χ1n) is 4.72. The normalized spacial score (nSPS) is 13.5. The van der Waals surface area contributed by atoms with E-state index in [0.29, 0.717) is 0 Å². The molecule has 3 rings (SSSR count). The van der Waals surface area contributed by atoms with Gasteiger partial charge >= 0.3 is 0 Å². The molecule has 0 saturated heterocycles. The summed E-state index contributed by atoms with van der Waals surface area (Å²) in [6.45, 7) is 0. The van der Waals surface area contributed by atoms with E-state index < -0.39 is 0 Å². The Morgan fingerprint density at radius 2 is 2.43 bits per heavy atom. The molecule has 1 aliphatic rings. The van der Waals surface area contributed by atoms with Crippen molar-refractivity contribution in [1.29, 1.82) is 0 Å². The predicted molar refractivity (Wildman–Crippen MR) is 53.2 cm³/mol. The molecule has 4 nitrogen and oxygen atoms in total. The minimum Gasteiger partial charge on any atom is -0.469 e. The van der Waals surface area contributed by atoms with Crippen LogP contribution in [0.15, 0.2) is 16.7 Å². The Labute approximate surface area is 81.3 Å². The third-order valence-corrected chi connectivity index (χ3v) is 2.72. The van der Waals surface area contributed by atoms with Crippen LogP contribution in [-0.2, 0) is 12.8 Å². The molecule has 2 aromatic rings. The van der Waals surface area contributed by atoms with Gasteiger partial charge in [-0.25, -0.2) is 0 Å². The highest BCUT2D eigenvalue weighted by Gasteiger charge is 2.23. The molecule has 4 heteroatoms. The van der Waals surface area contributed by atoms with Crippen LogP contribution in [0.5, 0.6) is 0 Å². The van der Waals surface area contributed by atoms with E-state index in [4.69, 9.17) is 4.42 Å². The Hall–Kier alpha value is -1.71. The van der Waals surface area contributed by atoms with Crippen LogP contribution in [0, 0.1) is 0 Å². The number of hydrogen-bond donors (Lipinski definition) is 2. The van der Waals surface area contributed by atoms with Crippen LogP contribution in [0.3, 0.4) is 0 Å². The minimum atomic E-state index is 0.951. The molecule has 2 aromatic heterocycles. The van der Waals surface area contributed by atoms with Crippen molar-refractivity contribution < 1.29 is 4.42 Å². The molecule has 72 valence electrons. The lowest BCUT2D eigenvalue weighted by Crippen LogP contribution is -2.02. The maximum atomic E-state index is 5.39. The zero-order chi connectivity index (χ0) is 9.54. The Balaban J connectivity index is 2.22. The van der Waals surface area contributed by atoms with E-state index >= 15 is 0 Å². The number of furan rings is 1. The summed E-state index contributed by atoms with van der Waals surface area (Å²) in [4.78, 5) is 0. The second-order valence-corrected chi connectivity index (χ2v) is 3.43. The van der Waals surface area contributed by atoms with Crippen molar-refractivity contribution in [2.75, 3.05) is 12.4 Å². The van der Waals surface area contributed by atoms with Gasteiger partial charge in [0.05, 0.1) is 12.0 Å². The average molecular weight is 189 g/mol. The number of aryl methyl sites for hydroxylation is 1. The summed E-state index contributed by atoms with van der Waals surface area (Å²) in [5.74, 6) is 2.01. The number of aromatic nitrogens is 2. The van der Waals surface area contributed by atoms with Crippen molar-refractivity contribution in [2.24, 2.45) is 0 Å². The predicted octanol–water partition coefficient (Wildman–Crippen LogP) is 1.81. The van der Waals surface area contributed by atoms with Crippen molar-refractivity contribution in [2.45, 2.75) is 12.8 Å². The second kappa shape index (κ2) is 2.64. The molecular weight excluding hydrogens is 178 g/mol. The lowest BCUT2D eigenvalue weighted by atomic mass is 9.96. The Bertz CT molecular complexity index is 469. The van der Waals surface area contributed by atoms with Gasteiger partial charge in [-0.05, 0) is 12.5 Å². The maximum Gasteiger partial charge on any atom is 0.151 e. The van der Waals surface area contributed by atoms with Gasteiger partial charge in [0.1, 0.15) is 5.76 Å². The van der Waals surface area contributed by atoms with Gasteiger partial charge in [-0.15, -0.1) is 0 Å². The van der Waals surface area contributed by atoms with E-state index in [9.17, 15) is 0 Å². The number of hydrogen-bond acceptors (Lipinski definition) is 3. The topological polar surface area (TPSA) is 53.9 Å². The highest BCUT2D eigenvalue weighted by atomic mass is 16.3. The smallest absolute Gasteiger partial charge is 0.151 e. The van der Waals surface area contributed by atoms with Crippen molar-refractivity contribution in [3.63, 3.8) is 0 Å². The number of aromatic amines is 1. The molecule has 0 radical (unpaired) electrons. The van der Waals surface area contributed by atoms with Crippen LogP contribution in [0.4, 0.5) is 5.82 Å². The summed E-state index contributed by atoms with van der Waals surface area (Å²) in [6.07, 6.45) is 3.69. The molecule has 2 N–H and O–H groups in total. The molecule has 0 bridgehead atoms. The van der Waals surface area contributed by atoms with Gasteiger partial charge in [0.15, 0.2) is 5.82 Å². The SMILES string of the molecule is CNc1n[nH]c2c1CCc1occc1-2. The summed E-state index contributed by atoms with van der Waals surface area (Å²) in [5, 5.41) is 10.3. The van der Waals surface area contributed by atoms with Gasteiger partial charge < -0.3 is 9.73 Å². The highest BCUT2D eigenvalue weighted by Crippen LogP contribution is 2.35. The average Bonchev–Trinajstić information content (AvgIpc) is 2.82. The van der Waals surface area contributed by atoms with Gasteiger partial charge in [-0.2, -0.15) is 5.10 Å². The van der Waals surface area contributed by atoms with E-state index in [-0.39, 0.29) is 0 Å². The summed E-state index contributed by atoms with van der Waals surface area (Å²) in [7, 11) is 1.89. The fraction of sp³-hybridized carbons (Fsp3) is 0.300. The molecule has 0 atom stereocenters. The second-order valence-electron chi connectivity index (χ2n) is 3.43. The molecule has 0 saturated carbocycles. The van der Waals surface area contributed by atoms with Crippen LogP contribution in [0.25, 0.3) is 11.3 Å². The van der Waals surface area contributed by atoms with Crippen molar-refractivity contribution >= 4 is 5.82 Å². The number of nitrogens with one attached hydrogen (secondary N) is 2. The first kappa shape index (κ1) is 7.67. The van der Waals surface area contributed by atoms with Crippen molar-refractivity contribution in [3.8, 4) is 11.3 Å². The van der Waals surface area contributed by atoms with Crippen molar-refractivity contribution in [3.05, 3.63) is 23.7 Å². The van der Waals surface area contributed by atoms with E-state index in [0.717, 1.165) is 35.7 Å². The largest absolute Gasteiger partial charge is 0.469 e. The van der Waals surface area contributed by atoms with Gasteiger partial charge in [-0.3, -0.25) is 5.10 Å². The van der Waals surface area contributed by atoms with E-state index in [1.165, 1.54) is 5.56 Å². The van der Waals surface area contributed by atoms with Gasteiger partial charge in [-0.1, -0.05) is 0 Å². The molecule has 0 amide bonds. The van der Waals surface area contributed by atoms with Crippen molar-refractivity contribution in [1.82, 2.24) is 10.2 Å². The molecule has 0 aromatic carbocycles. The van der Waals surface area contributed by atoms with Gasteiger partial charge in [0, 0.05) is 24.6 Å². The van der Waals surface area contributed by atoms with Crippen LogP contribution >= 0.6 is 0 Å². The summed E-state index contributed by atoms with van der Waals surface area (Å²) < 4.78 is 5.39. The quantitative estimate of drug-likeness (QED) is 0.719. The van der Waals surface area contributed by atoms with E-state index in [1.54, 1.807) is 6.26 Å². The fourth-order valence-corrected chi connectivity index (χ4v) is 2.03.